The van der Waals surface area contributed by atoms with Crippen LogP contribution in [0.5, 0.6) is 0 Å². The summed E-state index contributed by atoms with van der Waals surface area (Å²) >= 11 is 0. The van der Waals surface area contributed by atoms with Crippen molar-refractivity contribution >= 4 is 9.84 Å². The van der Waals surface area contributed by atoms with Crippen LogP contribution in [0.25, 0.3) is 0 Å². The first-order valence-corrected chi connectivity index (χ1v) is 11.3. The molecular weight excluding hydrogens is 320 g/mol. The number of rotatable bonds is 6. The Bertz CT molecular complexity index is 485. The lowest BCUT2D eigenvalue weighted by molar-refractivity contribution is 0.153. The number of likely N-dealkylation sites (tertiary alicyclic amines) is 2. The second-order valence-corrected chi connectivity index (χ2v) is 11.8. The van der Waals surface area contributed by atoms with Gasteiger partial charge in [-0.2, -0.15) is 0 Å². The van der Waals surface area contributed by atoms with Gasteiger partial charge in [0.15, 0.2) is 9.84 Å². The van der Waals surface area contributed by atoms with Gasteiger partial charge in [-0.25, -0.2) is 8.42 Å². The van der Waals surface area contributed by atoms with Crippen LogP contribution in [0.2, 0.25) is 0 Å². The normalized spacial score (nSPS) is 23.9. The summed E-state index contributed by atoms with van der Waals surface area (Å²) in [6.45, 7) is 13.5. The lowest BCUT2D eigenvalue weighted by Gasteiger charge is -2.38. The SMILES string of the molecule is CC(C)C1CCN(CCC(C)(C)S(=O)(=O)C2CCN(C)CC2)CC1. The highest BCUT2D eigenvalue weighted by atomic mass is 32.2. The molecule has 0 radical (unpaired) electrons. The molecule has 0 aliphatic carbocycles. The van der Waals surface area contributed by atoms with E-state index in [1.54, 1.807) is 0 Å². The van der Waals surface area contributed by atoms with E-state index >= 15 is 0 Å². The van der Waals surface area contributed by atoms with Crippen LogP contribution in [-0.2, 0) is 9.84 Å². The lowest BCUT2D eigenvalue weighted by atomic mass is 9.86. The van der Waals surface area contributed by atoms with E-state index in [4.69, 9.17) is 0 Å². The van der Waals surface area contributed by atoms with Gasteiger partial charge in [-0.3, -0.25) is 0 Å². The van der Waals surface area contributed by atoms with Gasteiger partial charge in [-0.15, -0.1) is 0 Å². The minimum absolute atomic E-state index is 0.143. The van der Waals surface area contributed by atoms with Crippen LogP contribution >= 0.6 is 0 Å². The highest BCUT2D eigenvalue weighted by Crippen LogP contribution is 2.31. The molecule has 2 fully saturated rings. The van der Waals surface area contributed by atoms with Crippen LogP contribution in [-0.4, -0.2) is 68.0 Å². The zero-order chi connectivity index (χ0) is 18.0. The van der Waals surface area contributed by atoms with E-state index in [2.05, 4.69) is 30.7 Å². The molecule has 2 aliphatic rings. The third kappa shape index (κ3) is 4.73. The average Bonchev–Trinajstić information content (AvgIpc) is 2.53. The van der Waals surface area contributed by atoms with Crippen molar-refractivity contribution in [3.8, 4) is 0 Å². The summed E-state index contributed by atoms with van der Waals surface area (Å²) < 4.78 is 25.6. The Morgan fingerprint density at radius 1 is 1.00 bits per heavy atom. The molecule has 0 aromatic heterocycles. The summed E-state index contributed by atoms with van der Waals surface area (Å²) in [5, 5.41) is -0.143. The summed E-state index contributed by atoms with van der Waals surface area (Å²) in [6, 6.07) is 0. The number of hydrogen-bond donors (Lipinski definition) is 0. The number of piperidine rings is 2. The summed E-state index contributed by atoms with van der Waals surface area (Å²) in [7, 11) is -0.985. The zero-order valence-electron chi connectivity index (χ0n) is 16.4. The minimum Gasteiger partial charge on any atom is -0.306 e. The van der Waals surface area contributed by atoms with Gasteiger partial charge in [-0.1, -0.05) is 13.8 Å². The molecule has 0 atom stereocenters. The maximum Gasteiger partial charge on any atom is 0.158 e. The maximum atomic E-state index is 13.1. The van der Waals surface area contributed by atoms with Gasteiger partial charge in [0, 0.05) is 0 Å². The molecule has 0 aromatic rings. The Balaban J connectivity index is 1.86. The number of nitrogens with zero attached hydrogens (tertiary/aromatic N) is 2. The van der Waals surface area contributed by atoms with Crippen LogP contribution in [0.15, 0.2) is 0 Å². The van der Waals surface area contributed by atoms with Gasteiger partial charge < -0.3 is 9.80 Å². The predicted molar refractivity (Wildman–Crippen MR) is 102 cm³/mol. The van der Waals surface area contributed by atoms with E-state index in [1.165, 1.54) is 12.8 Å². The molecule has 0 aromatic carbocycles. The third-order valence-corrected chi connectivity index (χ3v) is 9.57. The van der Waals surface area contributed by atoms with Crippen molar-refractivity contribution in [1.82, 2.24) is 9.80 Å². The summed E-state index contributed by atoms with van der Waals surface area (Å²) in [6.07, 6.45) is 4.87. The van der Waals surface area contributed by atoms with E-state index in [0.29, 0.717) is 0 Å². The Morgan fingerprint density at radius 3 is 2.04 bits per heavy atom. The molecule has 4 nitrogen and oxygen atoms in total. The first-order valence-electron chi connectivity index (χ1n) is 9.78. The highest BCUT2D eigenvalue weighted by molar-refractivity contribution is 7.93. The van der Waals surface area contributed by atoms with Crippen LogP contribution in [0.4, 0.5) is 0 Å². The number of sulfone groups is 1. The first-order chi connectivity index (χ1) is 11.1. The van der Waals surface area contributed by atoms with Crippen LogP contribution in [0, 0.1) is 11.8 Å². The fourth-order valence-electron chi connectivity index (χ4n) is 4.16. The van der Waals surface area contributed by atoms with Crippen molar-refractivity contribution < 1.29 is 8.42 Å². The second-order valence-electron chi connectivity index (χ2n) is 8.98. The topological polar surface area (TPSA) is 40.6 Å². The molecule has 2 heterocycles. The fourth-order valence-corrected chi connectivity index (χ4v) is 6.27. The monoisotopic (exact) mass is 358 g/mol. The van der Waals surface area contributed by atoms with E-state index in [9.17, 15) is 8.42 Å². The summed E-state index contributed by atoms with van der Waals surface area (Å²) in [5.41, 5.74) is 0. The number of hydrogen-bond acceptors (Lipinski definition) is 4. The van der Waals surface area contributed by atoms with Gasteiger partial charge in [0.2, 0.25) is 0 Å². The molecule has 2 aliphatic heterocycles. The standard InChI is InChI=1S/C19H38N2O2S/c1-16(2)17-6-13-21(14-7-17)15-10-19(3,4)24(22,23)18-8-11-20(5)12-9-18/h16-18H,6-15H2,1-5H3. The molecular formula is C19H38N2O2S. The molecule has 5 heteroatoms. The zero-order valence-corrected chi connectivity index (χ0v) is 17.2. The van der Waals surface area contributed by atoms with Crippen LogP contribution in [0.1, 0.15) is 59.8 Å². The molecule has 0 unspecified atom stereocenters. The van der Waals surface area contributed by atoms with E-state index in [1.807, 2.05) is 13.8 Å². The lowest BCUT2D eigenvalue weighted by Crippen LogP contribution is -2.47. The predicted octanol–water partition coefficient (Wildman–Crippen LogP) is 3.03. The van der Waals surface area contributed by atoms with Crippen LogP contribution in [0.3, 0.4) is 0 Å². The van der Waals surface area contributed by atoms with Crippen molar-refractivity contribution in [3.63, 3.8) is 0 Å². The Kier molecular flexibility index (Phi) is 6.77. The first kappa shape index (κ1) is 20.2. The largest absolute Gasteiger partial charge is 0.306 e. The van der Waals surface area contributed by atoms with Gasteiger partial charge in [0.05, 0.1) is 10.00 Å². The molecule has 0 spiro atoms. The van der Waals surface area contributed by atoms with Gasteiger partial charge in [-0.05, 0) is 97.6 Å². The smallest absolute Gasteiger partial charge is 0.158 e. The Hall–Kier alpha value is -0.130. The van der Waals surface area contributed by atoms with E-state index < -0.39 is 14.6 Å². The van der Waals surface area contributed by atoms with Crippen molar-refractivity contribution in [2.24, 2.45) is 11.8 Å². The van der Waals surface area contributed by atoms with Gasteiger partial charge in [0.1, 0.15) is 0 Å². The van der Waals surface area contributed by atoms with Crippen molar-refractivity contribution in [1.29, 1.82) is 0 Å². The molecule has 0 saturated carbocycles. The molecule has 0 amide bonds. The molecule has 0 N–H and O–H groups in total. The third-order valence-electron chi connectivity index (χ3n) is 6.48. The quantitative estimate of drug-likeness (QED) is 0.732. The molecule has 24 heavy (non-hydrogen) atoms. The molecule has 2 rings (SSSR count). The van der Waals surface area contributed by atoms with Gasteiger partial charge >= 0.3 is 0 Å². The fraction of sp³-hybridized carbons (Fsp3) is 1.00. The van der Waals surface area contributed by atoms with Gasteiger partial charge in [0.25, 0.3) is 0 Å². The Labute approximate surface area is 149 Å². The Morgan fingerprint density at radius 2 is 1.54 bits per heavy atom. The highest BCUT2D eigenvalue weighted by Gasteiger charge is 2.41. The van der Waals surface area contributed by atoms with Crippen molar-refractivity contribution in [2.45, 2.75) is 69.8 Å². The maximum absolute atomic E-state index is 13.1. The van der Waals surface area contributed by atoms with Crippen molar-refractivity contribution in [2.75, 3.05) is 39.8 Å². The second kappa shape index (κ2) is 8.05. The van der Waals surface area contributed by atoms with Crippen molar-refractivity contribution in [3.05, 3.63) is 0 Å². The average molecular weight is 359 g/mol. The van der Waals surface area contributed by atoms with E-state index in [-0.39, 0.29) is 5.25 Å². The van der Waals surface area contributed by atoms with E-state index in [0.717, 1.165) is 63.8 Å². The van der Waals surface area contributed by atoms with Crippen LogP contribution < -0.4 is 0 Å². The summed E-state index contributed by atoms with van der Waals surface area (Å²) in [4.78, 5) is 4.71. The minimum atomic E-state index is -3.06. The molecule has 0 bridgehead atoms. The molecule has 2 saturated heterocycles. The summed E-state index contributed by atoms with van der Waals surface area (Å²) in [5.74, 6) is 1.62. The molecule has 142 valence electrons.